The van der Waals surface area contributed by atoms with Gasteiger partial charge in [-0.1, -0.05) is 17.3 Å². The minimum atomic E-state index is -0.106. The Morgan fingerprint density at radius 3 is 3.17 bits per heavy atom. The van der Waals surface area contributed by atoms with E-state index in [9.17, 15) is 4.39 Å². The maximum Gasteiger partial charge on any atom is 0.240 e. The summed E-state index contributed by atoms with van der Waals surface area (Å²) >= 11 is 0. The first-order chi connectivity index (χ1) is 8.74. The van der Waals surface area contributed by atoms with Crippen LogP contribution in [0.15, 0.2) is 22.7 Å². The van der Waals surface area contributed by atoms with Gasteiger partial charge in [0.25, 0.3) is 0 Å². The molecule has 0 amide bonds. The molecule has 1 N–H and O–H groups in total. The number of nitrogens with one attached hydrogen (secondary N) is 1. The van der Waals surface area contributed by atoms with Crippen molar-refractivity contribution in [3.05, 3.63) is 46.9 Å². The van der Waals surface area contributed by atoms with Crippen LogP contribution in [-0.4, -0.2) is 10.1 Å². The molecule has 94 valence electrons. The average molecular weight is 247 g/mol. The molecule has 3 rings (SSSR count). The summed E-state index contributed by atoms with van der Waals surface area (Å²) in [6, 6.07) is 5.42. The zero-order chi connectivity index (χ0) is 12.5. The van der Waals surface area contributed by atoms with Crippen molar-refractivity contribution in [3.8, 4) is 0 Å². The quantitative estimate of drug-likeness (QED) is 0.904. The second-order valence-electron chi connectivity index (χ2n) is 4.52. The molecule has 1 aromatic carbocycles. The zero-order valence-corrected chi connectivity index (χ0v) is 10.1. The first-order valence-electron chi connectivity index (χ1n) is 6.04. The molecule has 0 bridgehead atoms. The summed E-state index contributed by atoms with van der Waals surface area (Å²) in [5, 5.41) is 7.07. The molecule has 1 aliphatic rings. The van der Waals surface area contributed by atoms with Crippen LogP contribution in [0.3, 0.4) is 0 Å². The molecule has 1 aliphatic carbocycles. The standard InChI is InChI=1S/C13H14FN3O/c1-8-16-13(18-17-8)7-15-12-6-5-9-10(12)3-2-4-11(9)14/h2-4,12,15H,5-7H2,1H3. The molecule has 0 radical (unpaired) electrons. The van der Waals surface area contributed by atoms with Crippen molar-refractivity contribution < 1.29 is 8.91 Å². The Kier molecular flexibility index (Phi) is 2.83. The predicted molar refractivity (Wildman–Crippen MR) is 63.3 cm³/mol. The van der Waals surface area contributed by atoms with E-state index in [0.717, 1.165) is 24.0 Å². The molecule has 18 heavy (non-hydrogen) atoms. The van der Waals surface area contributed by atoms with Crippen LogP contribution in [0, 0.1) is 12.7 Å². The van der Waals surface area contributed by atoms with Gasteiger partial charge in [0.05, 0.1) is 6.54 Å². The molecule has 0 spiro atoms. The van der Waals surface area contributed by atoms with Crippen LogP contribution < -0.4 is 5.32 Å². The van der Waals surface area contributed by atoms with Gasteiger partial charge in [0.1, 0.15) is 5.82 Å². The lowest BCUT2D eigenvalue weighted by Crippen LogP contribution is -2.18. The van der Waals surface area contributed by atoms with Crippen LogP contribution >= 0.6 is 0 Å². The molecule has 5 heteroatoms. The highest BCUT2D eigenvalue weighted by atomic mass is 19.1. The highest BCUT2D eigenvalue weighted by Crippen LogP contribution is 2.32. The molecule has 1 heterocycles. The van der Waals surface area contributed by atoms with Crippen molar-refractivity contribution in [2.45, 2.75) is 32.4 Å². The second-order valence-corrected chi connectivity index (χ2v) is 4.52. The van der Waals surface area contributed by atoms with Gasteiger partial charge < -0.3 is 9.84 Å². The lowest BCUT2D eigenvalue weighted by atomic mass is 10.1. The Morgan fingerprint density at radius 2 is 2.39 bits per heavy atom. The molecule has 4 nitrogen and oxygen atoms in total. The lowest BCUT2D eigenvalue weighted by molar-refractivity contribution is 0.354. The maximum absolute atomic E-state index is 13.6. The van der Waals surface area contributed by atoms with Crippen molar-refractivity contribution >= 4 is 0 Å². The van der Waals surface area contributed by atoms with Crippen LogP contribution in [0.1, 0.15) is 35.3 Å². The number of hydrogen-bond donors (Lipinski definition) is 1. The van der Waals surface area contributed by atoms with E-state index in [4.69, 9.17) is 4.52 Å². The van der Waals surface area contributed by atoms with Crippen LogP contribution in [0.4, 0.5) is 4.39 Å². The second kappa shape index (κ2) is 4.49. The smallest absolute Gasteiger partial charge is 0.240 e. The average Bonchev–Trinajstić information content (AvgIpc) is 2.94. The normalized spacial score (nSPS) is 18.0. The topological polar surface area (TPSA) is 51.0 Å². The van der Waals surface area contributed by atoms with E-state index in [1.807, 2.05) is 6.07 Å². The fourth-order valence-corrected chi connectivity index (χ4v) is 2.44. The van der Waals surface area contributed by atoms with E-state index in [2.05, 4.69) is 15.5 Å². The van der Waals surface area contributed by atoms with Crippen molar-refractivity contribution in [3.63, 3.8) is 0 Å². The summed E-state index contributed by atoms with van der Waals surface area (Å²) in [5.74, 6) is 1.09. The molecule has 1 unspecified atom stereocenters. The Labute approximate surface area is 104 Å². The third-order valence-electron chi connectivity index (χ3n) is 3.28. The first-order valence-corrected chi connectivity index (χ1v) is 6.04. The summed E-state index contributed by atoms with van der Waals surface area (Å²) in [7, 11) is 0. The first kappa shape index (κ1) is 11.3. The molecular weight excluding hydrogens is 233 g/mol. The Hall–Kier alpha value is -1.75. The van der Waals surface area contributed by atoms with Gasteiger partial charge in [-0.3, -0.25) is 0 Å². The highest BCUT2D eigenvalue weighted by Gasteiger charge is 2.24. The van der Waals surface area contributed by atoms with Crippen LogP contribution in [0.25, 0.3) is 0 Å². The van der Waals surface area contributed by atoms with E-state index in [1.165, 1.54) is 6.07 Å². The molecule has 0 saturated heterocycles. The summed E-state index contributed by atoms with van der Waals surface area (Å²) in [4.78, 5) is 4.13. The number of aromatic nitrogens is 2. The molecular formula is C13H14FN3O. The number of aryl methyl sites for hydroxylation is 1. The van der Waals surface area contributed by atoms with Gasteiger partial charge in [-0.05, 0) is 37.0 Å². The fourth-order valence-electron chi connectivity index (χ4n) is 2.44. The molecule has 1 atom stereocenters. The SMILES string of the molecule is Cc1noc(CNC2CCc3c(F)cccc32)n1. The van der Waals surface area contributed by atoms with Gasteiger partial charge in [0.15, 0.2) is 5.82 Å². The third kappa shape index (κ3) is 2.01. The molecule has 0 saturated carbocycles. The summed E-state index contributed by atoms with van der Waals surface area (Å²) in [6.07, 6.45) is 1.69. The monoisotopic (exact) mass is 247 g/mol. The van der Waals surface area contributed by atoms with Crippen LogP contribution in [-0.2, 0) is 13.0 Å². The number of fused-ring (bicyclic) bond motifs is 1. The number of benzene rings is 1. The summed E-state index contributed by atoms with van der Waals surface area (Å²) in [6.45, 7) is 2.30. The van der Waals surface area contributed by atoms with E-state index < -0.39 is 0 Å². The van der Waals surface area contributed by atoms with Gasteiger partial charge >= 0.3 is 0 Å². The number of hydrogen-bond acceptors (Lipinski definition) is 4. The number of rotatable bonds is 3. The van der Waals surface area contributed by atoms with E-state index in [-0.39, 0.29) is 11.9 Å². The third-order valence-corrected chi connectivity index (χ3v) is 3.28. The van der Waals surface area contributed by atoms with Gasteiger partial charge in [-0.25, -0.2) is 4.39 Å². The van der Waals surface area contributed by atoms with E-state index >= 15 is 0 Å². The van der Waals surface area contributed by atoms with Crippen molar-refractivity contribution in [2.75, 3.05) is 0 Å². The highest BCUT2D eigenvalue weighted by molar-refractivity contribution is 5.35. The Bertz CT molecular complexity index is 567. The van der Waals surface area contributed by atoms with Crippen molar-refractivity contribution in [2.24, 2.45) is 0 Å². The molecule has 2 aromatic rings. The Balaban J connectivity index is 1.71. The minimum Gasteiger partial charge on any atom is -0.338 e. The van der Waals surface area contributed by atoms with E-state index in [0.29, 0.717) is 18.3 Å². The van der Waals surface area contributed by atoms with Crippen LogP contribution in [0.5, 0.6) is 0 Å². The van der Waals surface area contributed by atoms with Gasteiger partial charge in [-0.2, -0.15) is 4.98 Å². The summed E-state index contributed by atoms with van der Waals surface area (Å²) in [5.41, 5.74) is 1.88. The van der Waals surface area contributed by atoms with Gasteiger partial charge in [0, 0.05) is 6.04 Å². The number of nitrogens with zero attached hydrogens (tertiary/aromatic N) is 2. The summed E-state index contributed by atoms with van der Waals surface area (Å²) < 4.78 is 18.6. The predicted octanol–water partition coefficient (Wildman–Crippen LogP) is 2.29. The van der Waals surface area contributed by atoms with Gasteiger partial charge in [0.2, 0.25) is 5.89 Å². The van der Waals surface area contributed by atoms with Crippen molar-refractivity contribution in [1.29, 1.82) is 0 Å². The van der Waals surface area contributed by atoms with Crippen LogP contribution in [0.2, 0.25) is 0 Å². The molecule has 0 aliphatic heterocycles. The van der Waals surface area contributed by atoms with Gasteiger partial charge in [-0.15, -0.1) is 0 Å². The zero-order valence-electron chi connectivity index (χ0n) is 10.1. The maximum atomic E-state index is 13.6. The van der Waals surface area contributed by atoms with E-state index in [1.54, 1.807) is 13.0 Å². The minimum absolute atomic E-state index is 0.106. The largest absolute Gasteiger partial charge is 0.338 e. The molecule has 1 aromatic heterocycles. The fraction of sp³-hybridized carbons (Fsp3) is 0.385. The Morgan fingerprint density at radius 1 is 1.50 bits per heavy atom. The van der Waals surface area contributed by atoms with Crippen molar-refractivity contribution in [1.82, 2.24) is 15.5 Å². The number of halogens is 1. The molecule has 0 fully saturated rings. The lowest BCUT2D eigenvalue weighted by Gasteiger charge is -2.12.